The van der Waals surface area contributed by atoms with Crippen molar-refractivity contribution >= 4 is 22.9 Å². The molecule has 5 rings (SSSR count). The SMILES string of the molecule is Nc1cccc(-c2cnc3c(c2)C(=O)C(=O)c2cc(-c4cccc(N)c4)cnc2-3)c1. The van der Waals surface area contributed by atoms with Crippen LogP contribution < -0.4 is 11.5 Å². The van der Waals surface area contributed by atoms with Crippen LogP contribution in [-0.4, -0.2) is 21.5 Å². The van der Waals surface area contributed by atoms with Crippen molar-refractivity contribution in [3.05, 3.63) is 84.2 Å². The van der Waals surface area contributed by atoms with Crippen LogP contribution in [0.15, 0.2) is 73.1 Å². The monoisotopic (exact) mass is 392 g/mol. The number of Topliss-reactive ketones (excluding diaryl/α,β-unsaturated/α-hetero) is 2. The molecule has 4 N–H and O–H groups in total. The van der Waals surface area contributed by atoms with Gasteiger partial charge in [0, 0.05) is 34.9 Å². The molecule has 1 aliphatic rings. The molecule has 6 heteroatoms. The van der Waals surface area contributed by atoms with Crippen LogP contribution >= 0.6 is 0 Å². The van der Waals surface area contributed by atoms with Gasteiger partial charge in [-0.3, -0.25) is 19.6 Å². The van der Waals surface area contributed by atoms with Gasteiger partial charge in [0.15, 0.2) is 0 Å². The van der Waals surface area contributed by atoms with E-state index in [1.807, 2.05) is 24.3 Å². The Kier molecular flexibility index (Phi) is 3.93. The molecule has 1 aliphatic carbocycles. The van der Waals surface area contributed by atoms with Gasteiger partial charge in [-0.1, -0.05) is 24.3 Å². The first kappa shape index (κ1) is 17.8. The molecule has 144 valence electrons. The van der Waals surface area contributed by atoms with Crippen molar-refractivity contribution in [2.45, 2.75) is 0 Å². The zero-order valence-corrected chi connectivity index (χ0v) is 15.8. The molecular formula is C24H16N4O2. The highest BCUT2D eigenvalue weighted by Gasteiger charge is 2.33. The van der Waals surface area contributed by atoms with Gasteiger partial charge >= 0.3 is 0 Å². The quantitative estimate of drug-likeness (QED) is 0.394. The van der Waals surface area contributed by atoms with Crippen molar-refractivity contribution in [3.63, 3.8) is 0 Å². The fraction of sp³-hybridized carbons (Fsp3) is 0. The highest BCUT2D eigenvalue weighted by Crippen LogP contribution is 2.35. The van der Waals surface area contributed by atoms with E-state index in [-0.39, 0.29) is 11.1 Å². The van der Waals surface area contributed by atoms with Crippen molar-refractivity contribution < 1.29 is 9.59 Å². The fourth-order valence-corrected chi connectivity index (χ4v) is 3.65. The summed E-state index contributed by atoms with van der Waals surface area (Å²) in [5.41, 5.74) is 17.3. The summed E-state index contributed by atoms with van der Waals surface area (Å²) in [5.74, 6) is -1.19. The number of nitrogens with two attached hydrogens (primary N) is 2. The average Bonchev–Trinajstić information content (AvgIpc) is 2.77. The van der Waals surface area contributed by atoms with Gasteiger partial charge in [-0.2, -0.15) is 0 Å². The Balaban J connectivity index is 1.64. The summed E-state index contributed by atoms with van der Waals surface area (Å²) in [6.07, 6.45) is 3.32. The van der Waals surface area contributed by atoms with E-state index in [0.29, 0.717) is 33.9 Å². The molecule has 2 aromatic carbocycles. The van der Waals surface area contributed by atoms with Crippen molar-refractivity contribution in [2.24, 2.45) is 0 Å². The van der Waals surface area contributed by atoms with Gasteiger partial charge in [-0.25, -0.2) is 0 Å². The molecule has 0 radical (unpaired) electrons. The van der Waals surface area contributed by atoms with Crippen molar-refractivity contribution in [3.8, 4) is 33.6 Å². The largest absolute Gasteiger partial charge is 0.399 e. The number of benzene rings is 2. The van der Waals surface area contributed by atoms with Gasteiger partial charge in [0.2, 0.25) is 11.6 Å². The Morgan fingerprint density at radius 1 is 0.567 bits per heavy atom. The summed E-state index contributed by atoms with van der Waals surface area (Å²) in [4.78, 5) is 34.7. The van der Waals surface area contributed by atoms with Crippen LogP contribution in [-0.2, 0) is 0 Å². The molecule has 0 spiro atoms. The number of hydrogen-bond donors (Lipinski definition) is 2. The first-order valence-electron chi connectivity index (χ1n) is 9.32. The maximum absolute atomic E-state index is 12.9. The lowest BCUT2D eigenvalue weighted by Crippen LogP contribution is -2.23. The first-order valence-corrected chi connectivity index (χ1v) is 9.32. The minimum absolute atomic E-state index is 0.247. The van der Waals surface area contributed by atoms with E-state index < -0.39 is 11.6 Å². The van der Waals surface area contributed by atoms with Crippen LogP contribution in [0.1, 0.15) is 20.7 Å². The number of fused-ring (bicyclic) bond motifs is 3. The molecule has 6 nitrogen and oxygen atoms in total. The van der Waals surface area contributed by atoms with Crippen LogP contribution in [0.25, 0.3) is 33.6 Å². The second-order valence-corrected chi connectivity index (χ2v) is 7.15. The van der Waals surface area contributed by atoms with E-state index in [1.54, 1.807) is 48.8 Å². The molecule has 0 bridgehead atoms. The van der Waals surface area contributed by atoms with Gasteiger partial charge < -0.3 is 11.5 Å². The minimum Gasteiger partial charge on any atom is -0.399 e. The predicted molar refractivity (Wildman–Crippen MR) is 116 cm³/mol. The number of carbonyl (C=O) groups excluding carboxylic acids is 2. The van der Waals surface area contributed by atoms with Crippen LogP contribution in [0, 0.1) is 0 Å². The number of aromatic nitrogens is 2. The number of rotatable bonds is 2. The van der Waals surface area contributed by atoms with Crippen LogP contribution in [0.5, 0.6) is 0 Å². The highest BCUT2D eigenvalue weighted by atomic mass is 16.2. The Bertz CT molecular complexity index is 1260. The second kappa shape index (κ2) is 6.63. The summed E-state index contributed by atoms with van der Waals surface area (Å²) in [5, 5.41) is 0. The maximum Gasteiger partial charge on any atom is 0.235 e. The third-order valence-electron chi connectivity index (χ3n) is 5.14. The molecule has 0 atom stereocenters. The summed E-state index contributed by atoms with van der Waals surface area (Å²) < 4.78 is 0. The topological polar surface area (TPSA) is 112 Å². The average molecular weight is 392 g/mol. The molecule has 2 aromatic heterocycles. The summed E-state index contributed by atoms with van der Waals surface area (Å²) >= 11 is 0. The second-order valence-electron chi connectivity index (χ2n) is 7.15. The number of pyridine rings is 2. The molecule has 0 saturated carbocycles. The van der Waals surface area contributed by atoms with Gasteiger partial charge in [-0.15, -0.1) is 0 Å². The number of nitrogen functional groups attached to an aromatic ring is 2. The van der Waals surface area contributed by atoms with E-state index in [1.165, 1.54) is 0 Å². The third-order valence-corrected chi connectivity index (χ3v) is 5.14. The maximum atomic E-state index is 12.9. The van der Waals surface area contributed by atoms with Gasteiger partial charge in [-0.05, 0) is 47.5 Å². The minimum atomic E-state index is -0.595. The molecule has 0 aliphatic heterocycles. The Morgan fingerprint density at radius 2 is 1.00 bits per heavy atom. The van der Waals surface area contributed by atoms with E-state index in [9.17, 15) is 9.59 Å². The lowest BCUT2D eigenvalue weighted by atomic mass is 9.88. The highest BCUT2D eigenvalue weighted by molar-refractivity contribution is 6.52. The standard InChI is InChI=1S/C24H16N4O2/c25-17-5-1-3-13(7-17)15-9-19-21(27-11-15)22-20(24(30)23(19)29)10-16(12-28-22)14-4-2-6-18(26)8-14/h1-12H,25-26H2. The van der Waals surface area contributed by atoms with Crippen LogP contribution in [0.4, 0.5) is 11.4 Å². The van der Waals surface area contributed by atoms with Crippen LogP contribution in [0.3, 0.4) is 0 Å². The summed E-state index contributed by atoms with van der Waals surface area (Å²) in [6.45, 7) is 0. The van der Waals surface area contributed by atoms with E-state index >= 15 is 0 Å². The number of ketones is 2. The Hall–Kier alpha value is -4.32. The summed E-state index contributed by atoms with van der Waals surface area (Å²) in [6, 6.07) is 17.9. The molecule has 0 saturated heterocycles. The third kappa shape index (κ3) is 2.82. The lowest BCUT2D eigenvalue weighted by molar-refractivity contribution is 0.0815. The lowest BCUT2D eigenvalue weighted by Gasteiger charge is -2.18. The zero-order valence-electron chi connectivity index (χ0n) is 15.8. The van der Waals surface area contributed by atoms with Crippen molar-refractivity contribution in [1.29, 1.82) is 0 Å². The van der Waals surface area contributed by atoms with E-state index in [4.69, 9.17) is 11.5 Å². The zero-order chi connectivity index (χ0) is 20.8. The van der Waals surface area contributed by atoms with E-state index in [2.05, 4.69) is 9.97 Å². The summed E-state index contributed by atoms with van der Waals surface area (Å²) in [7, 11) is 0. The molecule has 30 heavy (non-hydrogen) atoms. The molecule has 4 aromatic rings. The van der Waals surface area contributed by atoms with E-state index in [0.717, 1.165) is 11.1 Å². The Labute approximate surface area is 172 Å². The fourth-order valence-electron chi connectivity index (χ4n) is 3.65. The number of nitrogens with zero attached hydrogens (tertiary/aromatic N) is 2. The molecule has 0 fully saturated rings. The van der Waals surface area contributed by atoms with Gasteiger partial charge in [0.25, 0.3) is 0 Å². The predicted octanol–water partition coefficient (Wildman–Crippen LogP) is 4.02. The van der Waals surface area contributed by atoms with Crippen molar-refractivity contribution in [1.82, 2.24) is 9.97 Å². The first-order chi connectivity index (χ1) is 14.5. The number of anilines is 2. The van der Waals surface area contributed by atoms with Crippen molar-refractivity contribution in [2.75, 3.05) is 11.5 Å². The number of hydrogen-bond acceptors (Lipinski definition) is 6. The Morgan fingerprint density at radius 3 is 1.40 bits per heavy atom. The molecule has 2 heterocycles. The molecule has 0 amide bonds. The normalized spacial score (nSPS) is 12.4. The molecular weight excluding hydrogens is 376 g/mol. The number of carbonyl (C=O) groups is 2. The molecule has 0 unspecified atom stereocenters. The van der Waals surface area contributed by atoms with Gasteiger partial charge in [0.1, 0.15) is 11.4 Å². The van der Waals surface area contributed by atoms with Gasteiger partial charge in [0.05, 0.1) is 11.1 Å². The van der Waals surface area contributed by atoms with Crippen LogP contribution in [0.2, 0.25) is 0 Å². The smallest absolute Gasteiger partial charge is 0.235 e.